The van der Waals surface area contributed by atoms with E-state index in [2.05, 4.69) is 0 Å². The smallest absolute Gasteiger partial charge is 0.263 e. The van der Waals surface area contributed by atoms with Crippen LogP contribution >= 0.6 is 22.9 Å². The van der Waals surface area contributed by atoms with Gasteiger partial charge in [-0.15, -0.1) is 11.3 Å². The number of sulfone groups is 1. The van der Waals surface area contributed by atoms with Crippen LogP contribution in [0.3, 0.4) is 0 Å². The Kier molecular flexibility index (Phi) is 5.50. The predicted octanol–water partition coefficient (Wildman–Crippen LogP) is 3.61. The lowest BCUT2D eigenvalue weighted by molar-refractivity contribution is 0.0771. The van der Waals surface area contributed by atoms with Crippen LogP contribution in [0.15, 0.2) is 36.4 Å². The Morgan fingerprint density at radius 3 is 2.46 bits per heavy atom. The Labute approximate surface area is 161 Å². The molecule has 1 amide bonds. The van der Waals surface area contributed by atoms with Crippen molar-refractivity contribution in [1.82, 2.24) is 4.90 Å². The van der Waals surface area contributed by atoms with Crippen molar-refractivity contribution >= 4 is 44.5 Å². The van der Waals surface area contributed by atoms with E-state index in [4.69, 9.17) is 11.6 Å². The number of halogens is 1. The number of thiophene rings is 1. The lowest BCUT2D eigenvalue weighted by Crippen LogP contribution is -2.33. The number of hydrogen-bond acceptors (Lipinski definition) is 5. The maximum Gasteiger partial charge on any atom is 0.263 e. The Hall–Kier alpha value is -1.70. The number of nitrogens with zero attached hydrogens (tertiary/aromatic N) is 1. The molecule has 1 fully saturated rings. The third-order valence-electron chi connectivity index (χ3n) is 4.44. The van der Waals surface area contributed by atoms with Crippen molar-refractivity contribution < 1.29 is 18.0 Å². The zero-order valence-electron chi connectivity index (χ0n) is 14.1. The second-order valence-electron chi connectivity index (χ2n) is 6.18. The van der Waals surface area contributed by atoms with E-state index in [1.54, 1.807) is 41.3 Å². The highest BCUT2D eigenvalue weighted by Crippen LogP contribution is 2.34. The van der Waals surface area contributed by atoms with Crippen molar-refractivity contribution in [3.63, 3.8) is 0 Å². The van der Waals surface area contributed by atoms with E-state index in [1.165, 1.54) is 6.92 Å². The average Bonchev–Trinajstić information content (AvgIpc) is 3.03. The monoisotopic (exact) mass is 411 g/mol. The van der Waals surface area contributed by atoms with Crippen LogP contribution in [0.25, 0.3) is 0 Å². The zero-order valence-corrected chi connectivity index (χ0v) is 16.5. The predicted molar refractivity (Wildman–Crippen MR) is 103 cm³/mol. The molecular weight excluding hydrogens is 394 g/mol. The minimum atomic E-state index is -3.42. The summed E-state index contributed by atoms with van der Waals surface area (Å²) in [7, 11) is -3.42. The summed E-state index contributed by atoms with van der Waals surface area (Å²) in [6, 6.07) is 10.2. The van der Waals surface area contributed by atoms with E-state index in [0.717, 1.165) is 11.3 Å². The third kappa shape index (κ3) is 3.84. The molecule has 1 aliphatic rings. The van der Waals surface area contributed by atoms with Gasteiger partial charge in [0.25, 0.3) is 5.91 Å². The summed E-state index contributed by atoms with van der Waals surface area (Å²) in [6.07, 6.45) is 0.294. The summed E-state index contributed by atoms with van der Waals surface area (Å²) in [5.41, 5.74) is 0.582. The summed E-state index contributed by atoms with van der Waals surface area (Å²) in [4.78, 5) is 26.6. The molecule has 8 heteroatoms. The quantitative estimate of drug-likeness (QED) is 0.723. The van der Waals surface area contributed by atoms with Crippen molar-refractivity contribution in [3.8, 4) is 0 Å². The molecule has 26 heavy (non-hydrogen) atoms. The first-order valence-electron chi connectivity index (χ1n) is 8.15. The number of carbonyl (C=O) groups is 2. The molecule has 138 valence electrons. The highest BCUT2D eigenvalue weighted by atomic mass is 35.5. The highest BCUT2D eigenvalue weighted by Gasteiger charge is 2.34. The number of rotatable bonds is 3. The molecule has 0 saturated carbocycles. The molecule has 3 rings (SSSR count). The van der Waals surface area contributed by atoms with Gasteiger partial charge >= 0.3 is 0 Å². The van der Waals surface area contributed by atoms with Gasteiger partial charge in [-0.3, -0.25) is 9.59 Å². The maximum absolute atomic E-state index is 12.7. The fraction of sp³-hybridized carbons (Fsp3) is 0.333. The molecule has 1 saturated heterocycles. The average molecular weight is 412 g/mol. The first-order valence-corrected chi connectivity index (χ1v) is 11.1. The van der Waals surface area contributed by atoms with E-state index in [0.29, 0.717) is 33.3 Å². The van der Waals surface area contributed by atoms with Crippen molar-refractivity contribution in [2.24, 2.45) is 0 Å². The van der Waals surface area contributed by atoms with E-state index in [-0.39, 0.29) is 24.0 Å². The highest BCUT2D eigenvalue weighted by molar-refractivity contribution is 7.91. The Bertz CT molecular complexity index is 952. The van der Waals surface area contributed by atoms with Gasteiger partial charge in [0, 0.05) is 18.1 Å². The van der Waals surface area contributed by atoms with E-state index in [9.17, 15) is 18.0 Å². The maximum atomic E-state index is 12.7. The van der Waals surface area contributed by atoms with Gasteiger partial charge in [0.2, 0.25) is 0 Å². The first kappa shape index (κ1) is 19.1. The van der Waals surface area contributed by atoms with E-state index >= 15 is 0 Å². The molecule has 0 N–H and O–H groups in total. The molecule has 1 aromatic carbocycles. The normalized spacial score (nSPS) is 19.8. The molecule has 1 atom stereocenters. The van der Waals surface area contributed by atoms with Crippen LogP contribution in [0.1, 0.15) is 43.5 Å². The van der Waals surface area contributed by atoms with Crippen molar-refractivity contribution in [2.75, 3.05) is 18.8 Å². The first-order chi connectivity index (χ1) is 12.3. The van der Waals surface area contributed by atoms with Gasteiger partial charge in [0.05, 0.1) is 20.8 Å². The number of benzene rings is 1. The van der Waals surface area contributed by atoms with Gasteiger partial charge in [-0.05, 0) is 37.1 Å². The van der Waals surface area contributed by atoms with Crippen LogP contribution in [0, 0.1) is 0 Å². The van der Waals surface area contributed by atoms with Crippen LogP contribution in [0.5, 0.6) is 0 Å². The molecule has 0 aliphatic carbocycles. The minimum absolute atomic E-state index is 0.0914. The van der Waals surface area contributed by atoms with E-state index < -0.39 is 15.1 Å². The van der Waals surface area contributed by atoms with Gasteiger partial charge in [-0.25, -0.2) is 8.42 Å². The lowest BCUT2D eigenvalue weighted by Gasteiger charge is -2.19. The van der Waals surface area contributed by atoms with Crippen LogP contribution in [-0.2, 0) is 9.84 Å². The van der Waals surface area contributed by atoms with Gasteiger partial charge < -0.3 is 4.90 Å². The van der Waals surface area contributed by atoms with Crippen LogP contribution in [0.4, 0.5) is 0 Å². The molecule has 0 radical (unpaired) electrons. The molecule has 2 heterocycles. The summed E-state index contributed by atoms with van der Waals surface area (Å²) in [6.45, 7) is 1.91. The fourth-order valence-corrected chi connectivity index (χ4v) is 6.05. The molecule has 5 nitrogen and oxygen atoms in total. The van der Waals surface area contributed by atoms with Gasteiger partial charge in [-0.1, -0.05) is 29.8 Å². The second kappa shape index (κ2) is 7.50. The summed E-state index contributed by atoms with van der Waals surface area (Å²) in [5.74, 6) is -0.441. The molecule has 1 aliphatic heterocycles. The Balaban J connectivity index is 1.83. The summed E-state index contributed by atoms with van der Waals surface area (Å²) >= 11 is 7.33. The minimum Gasteiger partial charge on any atom is -0.337 e. The van der Waals surface area contributed by atoms with Crippen molar-refractivity contribution in [3.05, 3.63) is 56.7 Å². The van der Waals surface area contributed by atoms with Gasteiger partial charge in [-0.2, -0.15) is 0 Å². The van der Waals surface area contributed by atoms with Crippen molar-refractivity contribution in [2.45, 2.75) is 18.6 Å². The molecule has 0 spiro atoms. The number of hydrogen-bond donors (Lipinski definition) is 0. The number of Topliss-reactive ketones (excluding diaryl/α,β-unsaturated/α-hetero) is 1. The standard InChI is InChI=1S/C18H18ClNO4S2/c1-12(21)15-6-7-16(25-15)18(22)20-9-8-17(26(23,24)11-10-20)13-4-2-3-5-14(13)19/h2-7,17H,8-11H2,1H3/t17-/m1/s1. The zero-order chi connectivity index (χ0) is 18.9. The third-order valence-corrected chi connectivity index (χ3v) is 8.07. The molecule has 1 aromatic heterocycles. The van der Waals surface area contributed by atoms with Crippen LogP contribution in [0.2, 0.25) is 5.02 Å². The summed E-state index contributed by atoms with van der Waals surface area (Å²) < 4.78 is 25.4. The van der Waals surface area contributed by atoms with Gasteiger partial charge in [0.1, 0.15) is 0 Å². The molecule has 2 aromatic rings. The lowest BCUT2D eigenvalue weighted by atomic mass is 10.1. The molecule has 0 unspecified atom stereocenters. The van der Waals surface area contributed by atoms with Gasteiger partial charge in [0.15, 0.2) is 15.6 Å². The SMILES string of the molecule is CC(=O)c1ccc(C(=O)N2CC[C@H](c3ccccc3Cl)S(=O)(=O)CC2)s1. The summed E-state index contributed by atoms with van der Waals surface area (Å²) in [5, 5.41) is -0.296. The molecule has 0 bridgehead atoms. The Morgan fingerprint density at radius 1 is 1.12 bits per heavy atom. The number of carbonyl (C=O) groups excluding carboxylic acids is 2. The fourth-order valence-electron chi connectivity index (χ4n) is 3.03. The number of ketones is 1. The molecular formula is C18H18ClNO4S2. The topological polar surface area (TPSA) is 71.5 Å². The number of amides is 1. The van der Waals surface area contributed by atoms with E-state index in [1.807, 2.05) is 0 Å². The largest absolute Gasteiger partial charge is 0.337 e. The van der Waals surface area contributed by atoms with Crippen LogP contribution < -0.4 is 0 Å². The van der Waals surface area contributed by atoms with Crippen LogP contribution in [-0.4, -0.2) is 43.9 Å². The van der Waals surface area contributed by atoms with Crippen molar-refractivity contribution in [1.29, 1.82) is 0 Å². The second-order valence-corrected chi connectivity index (χ2v) is 9.97. The Morgan fingerprint density at radius 2 is 1.81 bits per heavy atom.